The molecule has 2 aromatic carbocycles. The minimum absolute atomic E-state index is 0.0720. The van der Waals surface area contributed by atoms with E-state index in [1.807, 2.05) is 0 Å². The summed E-state index contributed by atoms with van der Waals surface area (Å²) < 4.78 is 49.4. The highest BCUT2D eigenvalue weighted by molar-refractivity contribution is 5.67. The molecule has 1 nitrogen and oxygen atoms in total. The van der Waals surface area contributed by atoms with E-state index >= 15 is 0 Å². The summed E-state index contributed by atoms with van der Waals surface area (Å²) in [4.78, 5) is 0. The molecule has 27 heavy (non-hydrogen) atoms. The summed E-state index contributed by atoms with van der Waals surface area (Å²) in [5.74, 6) is -2.39. The van der Waals surface area contributed by atoms with Gasteiger partial charge in [0.05, 0.1) is 12.7 Å². The number of rotatable bonds is 5. The Labute approximate surface area is 158 Å². The molecule has 2 atom stereocenters. The molecule has 0 aliphatic carbocycles. The maximum absolute atomic E-state index is 14.7. The molecule has 1 heterocycles. The molecular formula is C23H25F3O. The highest BCUT2D eigenvalue weighted by Gasteiger charge is 2.26. The molecule has 2 aromatic rings. The van der Waals surface area contributed by atoms with E-state index in [1.54, 1.807) is 37.3 Å². The molecule has 1 aliphatic heterocycles. The van der Waals surface area contributed by atoms with E-state index in [0.717, 1.165) is 25.7 Å². The van der Waals surface area contributed by atoms with E-state index < -0.39 is 17.5 Å². The van der Waals surface area contributed by atoms with Crippen LogP contribution in [0.2, 0.25) is 0 Å². The first-order valence-corrected chi connectivity index (χ1v) is 9.57. The molecule has 2 unspecified atom stereocenters. The number of halogens is 3. The molecule has 1 saturated heterocycles. The van der Waals surface area contributed by atoms with Gasteiger partial charge in [0, 0.05) is 17.0 Å². The number of hydrogen-bond acceptors (Lipinski definition) is 1. The fraction of sp³-hybridized carbons (Fsp3) is 0.391. The van der Waals surface area contributed by atoms with Crippen LogP contribution in [0, 0.1) is 17.5 Å². The van der Waals surface area contributed by atoms with Crippen LogP contribution < -0.4 is 0 Å². The van der Waals surface area contributed by atoms with Gasteiger partial charge in [0.1, 0.15) is 5.82 Å². The number of ether oxygens (including phenoxy) is 1. The Morgan fingerprint density at radius 3 is 2.52 bits per heavy atom. The molecule has 0 aromatic heterocycles. The third-order valence-corrected chi connectivity index (χ3v) is 5.19. The van der Waals surface area contributed by atoms with Crippen molar-refractivity contribution in [3.8, 4) is 11.1 Å². The highest BCUT2D eigenvalue weighted by atomic mass is 19.2. The van der Waals surface area contributed by atoms with Crippen LogP contribution in [0.1, 0.15) is 56.6 Å². The summed E-state index contributed by atoms with van der Waals surface area (Å²) in [5, 5.41) is 0. The van der Waals surface area contributed by atoms with Gasteiger partial charge in [-0.3, -0.25) is 0 Å². The lowest BCUT2D eigenvalue weighted by Crippen LogP contribution is -2.25. The van der Waals surface area contributed by atoms with Gasteiger partial charge < -0.3 is 4.74 Å². The topological polar surface area (TPSA) is 9.23 Å². The standard InChI is InChI=1S/C23H25F3O/c1-3-5-15-7-8-16(13-21(15)24)19-11-12-20(23(26)22(19)25)17-9-10-18(6-4-2)27-14-17/h3,5,7-8,11-13,17-18H,4,6,9-10,14H2,1-2H3/b5-3+. The van der Waals surface area contributed by atoms with Crippen molar-refractivity contribution in [2.24, 2.45) is 0 Å². The average Bonchev–Trinajstić information content (AvgIpc) is 2.67. The number of allylic oxidation sites excluding steroid dienone is 1. The van der Waals surface area contributed by atoms with Crippen molar-refractivity contribution in [2.45, 2.75) is 51.6 Å². The number of benzene rings is 2. The highest BCUT2D eigenvalue weighted by Crippen LogP contribution is 2.35. The van der Waals surface area contributed by atoms with Crippen molar-refractivity contribution in [3.05, 3.63) is 65.0 Å². The summed E-state index contributed by atoms with van der Waals surface area (Å²) >= 11 is 0. The third kappa shape index (κ3) is 4.27. The molecule has 3 rings (SSSR count). The fourth-order valence-corrected chi connectivity index (χ4v) is 3.71. The van der Waals surface area contributed by atoms with Gasteiger partial charge in [-0.25, -0.2) is 13.2 Å². The number of hydrogen-bond donors (Lipinski definition) is 0. The second-order valence-corrected chi connectivity index (χ2v) is 7.08. The summed E-state index contributed by atoms with van der Waals surface area (Å²) in [6, 6.07) is 7.56. The molecule has 0 bridgehead atoms. The predicted octanol–water partition coefficient (Wildman–Crippen LogP) is 6.87. The zero-order chi connectivity index (χ0) is 19.4. The lowest BCUT2D eigenvalue weighted by molar-refractivity contribution is -0.00181. The second kappa shape index (κ2) is 8.75. The Morgan fingerprint density at radius 1 is 1.07 bits per heavy atom. The van der Waals surface area contributed by atoms with Crippen LogP contribution in [0.5, 0.6) is 0 Å². The lowest BCUT2D eigenvalue weighted by atomic mass is 9.88. The van der Waals surface area contributed by atoms with E-state index in [9.17, 15) is 13.2 Å². The molecular weight excluding hydrogens is 349 g/mol. The first kappa shape index (κ1) is 19.7. The summed E-state index contributed by atoms with van der Waals surface area (Å²) in [7, 11) is 0. The molecule has 4 heteroatoms. The van der Waals surface area contributed by atoms with Crippen molar-refractivity contribution < 1.29 is 17.9 Å². The van der Waals surface area contributed by atoms with Crippen LogP contribution in [-0.2, 0) is 4.74 Å². The SMILES string of the molecule is C/C=C/c1ccc(-c2ccc(C3CCC(CCC)OC3)c(F)c2F)cc1F. The first-order valence-electron chi connectivity index (χ1n) is 9.57. The van der Waals surface area contributed by atoms with Crippen LogP contribution in [0.3, 0.4) is 0 Å². The normalized spacial score (nSPS) is 20.3. The summed E-state index contributed by atoms with van der Waals surface area (Å²) in [5.41, 5.74) is 1.16. The monoisotopic (exact) mass is 374 g/mol. The summed E-state index contributed by atoms with van der Waals surface area (Å²) in [6.45, 7) is 4.31. The Morgan fingerprint density at radius 2 is 1.89 bits per heavy atom. The van der Waals surface area contributed by atoms with E-state index in [1.165, 1.54) is 12.1 Å². The van der Waals surface area contributed by atoms with Gasteiger partial charge in [0.15, 0.2) is 11.6 Å². The quantitative estimate of drug-likeness (QED) is 0.555. The van der Waals surface area contributed by atoms with Gasteiger partial charge in [0.2, 0.25) is 0 Å². The molecule has 0 spiro atoms. The molecule has 1 fully saturated rings. The van der Waals surface area contributed by atoms with E-state index in [2.05, 4.69) is 6.92 Å². The zero-order valence-corrected chi connectivity index (χ0v) is 15.8. The average molecular weight is 374 g/mol. The largest absolute Gasteiger partial charge is 0.378 e. The third-order valence-electron chi connectivity index (χ3n) is 5.19. The van der Waals surface area contributed by atoms with E-state index in [0.29, 0.717) is 23.3 Å². The maximum Gasteiger partial charge on any atom is 0.166 e. The smallest absolute Gasteiger partial charge is 0.166 e. The molecule has 144 valence electrons. The Hall–Kier alpha value is -2.07. The van der Waals surface area contributed by atoms with Gasteiger partial charge in [0.25, 0.3) is 0 Å². The van der Waals surface area contributed by atoms with E-state index in [4.69, 9.17) is 4.74 Å². The Bertz CT molecular complexity index is 821. The lowest BCUT2D eigenvalue weighted by Gasteiger charge is -2.29. The maximum atomic E-state index is 14.7. The minimum Gasteiger partial charge on any atom is -0.378 e. The van der Waals surface area contributed by atoms with Crippen molar-refractivity contribution in [3.63, 3.8) is 0 Å². The van der Waals surface area contributed by atoms with Crippen molar-refractivity contribution >= 4 is 6.08 Å². The van der Waals surface area contributed by atoms with Gasteiger partial charge in [-0.15, -0.1) is 0 Å². The van der Waals surface area contributed by atoms with Crippen LogP contribution >= 0.6 is 0 Å². The first-order chi connectivity index (χ1) is 13.0. The van der Waals surface area contributed by atoms with Crippen LogP contribution in [-0.4, -0.2) is 12.7 Å². The van der Waals surface area contributed by atoms with Gasteiger partial charge >= 0.3 is 0 Å². The molecule has 0 saturated carbocycles. The van der Waals surface area contributed by atoms with Crippen molar-refractivity contribution in [1.29, 1.82) is 0 Å². The van der Waals surface area contributed by atoms with Gasteiger partial charge in [-0.1, -0.05) is 49.8 Å². The van der Waals surface area contributed by atoms with Crippen LogP contribution in [0.4, 0.5) is 13.2 Å². The Kier molecular flexibility index (Phi) is 6.38. The predicted molar refractivity (Wildman–Crippen MR) is 103 cm³/mol. The molecule has 0 amide bonds. The van der Waals surface area contributed by atoms with Crippen molar-refractivity contribution in [2.75, 3.05) is 6.61 Å². The van der Waals surface area contributed by atoms with Crippen LogP contribution in [0.15, 0.2) is 36.4 Å². The molecule has 0 radical (unpaired) electrons. The van der Waals surface area contributed by atoms with Crippen molar-refractivity contribution in [1.82, 2.24) is 0 Å². The second-order valence-electron chi connectivity index (χ2n) is 7.08. The Balaban J connectivity index is 1.85. The van der Waals surface area contributed by atoms with Crippen LogP contribution in [0.25, 0.3) is 17.2 Å². The summed E-state index contributed by atoms with van der Waals surface area (Å²) in [6.07, 6.45) is 7.27. The van der Waals surface area contributed by atoms with E-state index in [-0.39, 0.29) is 17.6 Å². The zero-order valence-electron chi connectivity index (χ0n) is 15.8. The van der Waals surface area contributed by atoms with Gasteiger partial charge in [-0.05, 0) is 43.4 Å². The minimum atomic E-state index is -0.929. The molecule has 1 aliphatic rings. The molecule has 0 N–H and O–H groups in total. The fourth-order valence-electron chi connectivity index (χ4n) is 3.71. The van der Waals surface area contributed by atoms with Gasteiger partial charge in [-0.2, -0.15) is 0 Å².